The van der Waals surface area contributed by atoms with Gasteiger partial charge in [-0.1, -0.05) is 27.3 Å². The number of hydrogen-bond donors (Lipinski definition) is 1. The lowest BCUT2D eigenvalue weighted by molar-refractivity contribution is -0.276. The van der Waals surface area contributed by atoms with E-state index in [1.165, 1.54) is 25.1 Å². The third kappa shape index (κ3) is 5.62. The summed E-state index contributed by atoms with van der Waals surface area (Å²) >= 11 is 5.51. The fraction of sp³-hybridized carbons (Fsp3) is 0.391. The number of aryl methyl sites for hydroxylation is 1. The first-order chi connectivity index (χ1) is 18.3. The summed E-state index contributed by atoms with van der Waals surface area (Å²) in [6, 6.07) is 3.29. The van der Waals surface area contributed by atoms with Crippen LogP contribution < -0.4 is 5.32 Å². The van der Waals surface area contributed by atoms with E-state index >= 15 is 0 Å². The molecule has 0 radical (unpaired) electrons. The van der Waals surface area contributed by atoms with E-state index in [1.807, 2.05) is 0 Å². The molecule has 8 nitrogen and oxygen atoms in total. The minimum atomic E-state index is -5.41. The van der Waals surface area contributed by atoms with Gasteiger partial charge >= 0.3 is 12.4 Å². The number of amides is 1. The molecule has 0 saturated carbocycles. The Balaban J connectivity index is 1.60. The monoisotopic (exact) mass is 617 g/mol. The van der Waals surface area contributed by atoms with E-state index in [4.69, 9.17) is 16.4 Å². The zero-order chi connectivity index (χ0) is 29.8. The van der Waals surface area contributed by atoms with Crippen molar-refractivity contribution in [2.45, 2.75) is 37.3 Å². The van der Waals surface area contributed by atoms with Gasteiger partial charge in [-0.05, 0) is 42.3 Å². The van der Waals surface area contributed by atoms with Gasteiger partial charge in [-0.2, -0.15) is 26.3 Å². The summed E-state index contributed by atoms with van der Waals surface area (Å²) in [5.74, 6) is -2.36. The fourth-order valence-electron chi connectivity index (χ4n) is 4.22. The second-order valence-electron chi connectivity index (χ2n) is 9.19. The van der Waals surface area contributed by atoms with Gasteiger partial charge < -0.3 is 10.2 Å². The number of carbonyl (C=O) groups is 1. The van der Waals surface area contributed by atoms with Crippen LogP contribution in [0.3, 0.4) is 0 Å². The molecule has 0 aromatic heterocycles. The van der Waals surface area contributed by atoms with Crippen LogP contribution >= 0.6 is 11.6 Å². The maximum atomic E-state index is 14.8. The van der Waals surface area contributed by atoms with Gasteiger partial charge in [-0.25, -0.2) is 12.8 Å². The van der Waals surface area contributed by atoms with E-state index in [1.54, 1.807) is 0 Å². The molecule has 2 aliphatic heterocycles. The maximum Gasteiger partial charge on any atom is 0.435 e. The highest BCUT2D eigenvalue weighted by Gasteiger charge is 2.64. The van der Waals surface area contributed by atoms with Crippen molar-refractivity contribution in [3.8, 4) is 0 Å². The molecular weight excluding hydrogens is 599 g/mol. The molecule has 2 heterocycles. The molecule has 17 heteroatoms. The quantitative estimate of drug-likeness (QED) is 0.491. The van der Waals surface area contributed by atoms with Gasteiger partial charge in [0.05, 0.1) is 48.2 Å². The molecule has 0 bridgehead atoms. The van der Waals surface area contributed by atoms with Crippen molar-refractivity contribution >= 4 is 33.2 Å². The lowest BCUT2D eigenvalue weighted by atomic mass is 9.85. The van der Waals surface area contributed by atoms with Crippen LogP contribution in [0.25, 0.3) is 0 Å². The first kappa shape index (κ1) is 30.0. The van der Waals surface area contributed by atoms with Gasteiger partial charge in [0.1, 0.15) is 5.82 Å². The SMILES string of the molecule is Cc1cc(C2=NO[C@@](c3cc(C(F)(F)F)cc(Cl)c3F)(C(F)(F)F)C2)ccc1C(=O)N[C@H]1CON(S(C)(=O)=O)C1. The number of hydroxylamine groups is 1. The van der Waals surface area contributed by atoms with Crippen molar-refractivity contribution < 1.29 is 53.6 Å². The molecule has 1 fully saturated rings. The predicted octanol–water partition coefficient (Wildman–Crippen LogP) is 4.69. The average molecular weight is 618 g/mol. The Morgan fingerprint density at radius 2 is 1.85 bits per heavy atom. The normalized spacial score (nSPS) is 22.2. The van der Waals surface area contributed by atoms with Gasteiger partial charge in [0.2, 0.25) is 10.0 Å². The molecule has 2 aliphatic rings. The van der Waals surface area contributed by atoms with Crippen molar-refractivity contribution in [3.63, 3.8) is 0 Å². The molecule has 0 unspecified atom stereocenters. The molecule has 2 aromatic rings. The summed E-state index contributed by atoms with van der Waals surface area (Å²) in [6.45, 7) is 1.22. The van der Waals surface area contributed by atoms with Crippen LogP contribution in [0, 0.1) is 12.7 Å². The van der Waals surface area contributed by atoms with Gasteiger partial charge in [0, 0.05) is 11.1 Å². The summed E-state index contributed by atoms with van der Waals surface area (Å²) < 4.78 is 121. The van der Waals surface area contributed by atoms with E-state index in [0.717, 1.165) is 10.7 Å². The summed E-state index contributed by atoms with van der Waals surface area (Å²) in [4.78, 5) is 22.4. The van der Waals surface area contributed by atoms with Gasteiger partial charge in [-0.15, -0.1) is 0 Å². The van der Waals surface area contributed by atoms with Crippen LogP contribution in [0.15, 0.2) is 35.5 Å². The molecule has 40 heavy (non-hydrogen) atoms. The molecule has 0 spiro atoms. The molecule has 2 atom stereocenters. The molecule has 1 saturated heterocycles. The number of carbonyl (C=O) groups excluding carboxylic acids is 1. The van der Waals surface area contributed by atoms with Gasteiger partial charge in [-0.3, -0.25) is 9.63 Å². The first-order valence-electron chi connectivity index (χ1n) is 11.2. The third-order valence-electron chi connectivity index (χ3n) is 6.28. The summed E-state index contributed by atoms with van der Waals surface area (Å²) in [6.07, 6.45) is -10.8. The number of alkyl halides is 6. The van der Waals surface area contributed by atoms with Crippen molar-refractivity contribution in [1.82, 2.24) is 9.79 Å². The van der Waals surface area contributed by atoms with Crippen molar-refractivity contribution in [2.75, 3.05) is 19.4 Å². The zero-order valence-electron chi connectivity index (χ0n) is 20.5. The van der Waals surface area contributed by atoms with Crippen LogP contribution in [0.1, 0.15) is 39.0 Å². The topological polar surface area (TPSA) is 97.3 Å². The number of hydrogen-bond acceptors (Lipinski definition) is 6. The third-order valence-corrected chi connectivity index (χ3v) is 7.54. The second-order valence-corrected chi connectivity index (χ2v) is 11.5. The minimum Gasteiger partial charge on any atom is -0.374 e. The molecule has 0 aliphatic carbocycles. The number of rotatable bonds is 5. The van der Waals surface area contributed by atoms with Crippen LogP contribution in [0.2, 0.25) is 5.02 Å². The van der Waals surface area contributed by atoms with Crippen molar-refractivity contribution in [3.05, 3.63) is 69.0 Å². The van der Waals surface area contributed by atoms with Crippen molar-refractivity contribution in [2.24, 2.45) is 5.16 Å². The van der Waals surface area contributed by atoms with Gasteiger partial charge in [0.25, 0.3) is 11.5 Å². The predicted molar refractivity (Wildman–Crippen MR) is 126 cm³/mol. The Kier molecular flexibility index (Phi) is 7.62. The Labute approximate surface area is 227 Å². The van der Waals surface area contributed by atoms with E-state index in [9.17, 15) is 43.9 Å². The smallest absolute Gasteiger partial charge is 0.374 e. The molecule has 218 valence electrons. The lowest BCUT2D eigenvalue weighted by Gasteiger charge is -2.30. The average Bonchev–Trinajstić information content (AvgIpc) is 3.48. The maximum absolute atomic E-state index is 14.8. The van der Waals surface area contributed by atoms with Crippen LogP contribution in [-0.2, 0) is 31.5 Å². The van der Waals surface area contributed by atoms with Crippen LogP contribution in [0.4, 0.5) is 30.7 Å². The van der Waals surface area contributed by atoms with Gasteiger partial charge in [0.15, 0.2) is 0 Å². The number of oxime groups is 1. The lowest BCUT2D eigenvalue weighted by Crippen LogP contribution is -2.43. The number of benzene rings is 2. The molecule has 1 amide bonds. The highest BCUT2D eigenvalue weighted by Crippen LogP contribution is 2.51. The standard InChI is InChI=1S/C23H19ClF7N3O5S/c1-11-5-12(3-4-15(11)20(35)32-14-9-34(38-10-14)40(2,36)37)18-8-21(39-33-18,23(29,30)31)16-6-13(22(26,27)28)7-17(24)19(16)25/h3-7,14H,8-10H2,1-2H3,(H,32,35)/t14-,21+/m1/s1. The minimum absolute atomic E-state index is 0.0104. The Hall–Kier alpha value is -2.95. The first-order valence-corrected chi connectivity index (χ1v) is 13.5. The number of halogens is 8. The van der Waals surface area contributed by atoms with E-state index in [0.29, 0.717) is 0 Å². The highest BCUT2D eigenvalue weighted by molar-refractivity contribution is 7.88. The number of nitrogens with one attached hydrogen (secondary N) is 1. The summed E-state index contributed by atoms with van der Waals surface area (Å²) in [5, 5.41) is 4.84. The molecule has 4 rings (SSSR count). The largest absolute Gasteiger partial charge is 0.435 e. The Morgan fingerprint density at radius 3 is 2.40 bits per heavy atom. The van der Waals surface area contributed by atoms with Crippen LogP contribution in [-0.4, -0.2) is 56.1 Å². The summed E-state index contributed by atoms with van der Waals surface area (Å²) in [7, 11) is -3.65. The highest BCUT2D eigenvalue weighted by atomic mass is 35.5. The molecular formula is C23H19ClF7N3O5S. The molecule has 2 aromatic carbocycles. The van der Waals surface area contributed by atoms with E-state index in [-0.39, 0.29) is 47.7 Å². The van der Waals surface area contributed by atoms with E-state index < -0.39 is 68.3 Å². The summed E-state index contributed by atoms with van der Waals surface area (Å²) in [5.41, 5.74) is -6.65. The second kappa shape index (κ2) is 10.2. The molecule has 1 N–H and O–H groups in total. The van der Waals surface area contributed by atoms with E-state index in [2.05, 4.69) is 15.3 Å². The van der Waals surface area contributed by atoms with Crippen molar-refractivity contribution in [1.29, 1.82) is 0 Å². The number of nitrogens with zero attached hydrogens (tertiary/aromatic N) is 2. The zero-order valence-corrected chi connectivity index (χ0v) is 22.0. The Morgan fingerprint density at radius 1 is 1.18 bits per heavy atom. The van der Waals surface area contributed by atoms with Crippen LogP contribution in [0.5, 0.6) is 0 Å². The Bertz CT molecular complexity index is 1500. The number of sulfonamides is 1. The fourth-order valence-corrected chi connectivity index (χ4v) is 5.14.